The van der Waals surface area contributed by atoms with Gasteiger partial charge in [-0.15, -0.1) is 0 Å². The van der Waals surface area contributed by atoms with E-state index in [1.807, 2.05) is 32.0 Å². The van der Waals surface area contributed by atoms with E-state index in [0.29, 0.717) is 6.54 Å². The van der Waals surface area contributed by atoms with Gasteiger partial charge in [0.2, 0.25) is 0 Å². The van der Waals surface area contributed by atoms with Crippen LogP contribution in [0, 0.1) is 6.92 Å². The Labute approximate surface area is 138 Å². The van der Waals surface area contributed by atoms with E-state index < -0.39 is 0 Å². The van der Waals surface area contributed by atoms with Crippen molar-refractivity contribution in [2.24, 2.45) is 0 Å². The molecule has 2 rings (SSSR count). The molecule has 7 heteroatoms. The molecule has 1 fully saturated rings. The molecule has 0 unspecified atom stereocenters. The number of nitrogens with one attached hydrogen (secondary N) is 1. The second kappa shape index (κ2) is 7.31. The molecule has 2 amide bonds. The Morgan fingerprint density at radius 1 is 1.35 bits per heavy atom. The topological polar surface area (TPSA) is 64.8 Å². The Morgan fingerprint density at radius 3 is 2.52 bits per heavy atom. The van der Waals surface area contributed by atoms with Crippen molar-refractivity contribution in [2.45, 2.75) is 32.9 Å². The first-order chi connectivity index (χ1) is 10.8. The van der Waals surface area contributed by atoms with E-state index in [1.54, 1.807) is 0 Å². The van der Waals surface area contributed by atoms with Crippen molar-refractivity contribution in [2.75, 3.05) is 46.8 Å². The molecule has 2 heterocycles. The maximum atomic E-state index is 12.3. The zero-order valence-corrected chi connectivity index (χ0v) is 14.9. The van der Waals surface area contributed by atoms with Crippen LogP contribution in [0.15, 0.2) is 10.6 Å². The summed E-state index contributed by atoms with van der Waals surface area (Å²) in [4.78, 5) is 18.6. The van der Waals surface area contributed by atoms with E-state index in [4.69, 9.17) is 4.52 Å². The van der Waals surface area contributed by atoms with Gasteiger partial charge in [-0.05, 0) is 34.9 Å². The van der Waals surface area contributed by atoms with E-state index >= 15 is 0 Å². The van der Waals surface area contributed by atoms with Gasteiger partial charge in [-0.2, -0.15) is 0 Å². The summed E-state index contributed by atoms with van der Waals surface area (Å²) in [5, 5.41) is 7.06. The van der Waals surface area contributed by atoms with Crippen molar-refractivity contribution < 1.29 is 9.32 Å². The molecule has 0 aromatic carbocycles. The van der Waals surface area contributed by atoms with Crippen LogP contribution in [0.4, 0.5) is 4.79 Å². The maximum absolute atomic E-state index is 12.3. The lowest BCUT2D eigenvalue weighted by Gasteiger charge is -2.36. The molecule has 1 N–H and O–H groups in total. The molecular weight excluding hydrogens is 294 g/mol. The first-order valence-corrected chi connectivity index (χ1v) is 8.13. The van der Waals surface area contributed by atoms with Crippen molar-refractivity contribution in [3.8, 4) is 0 Å². The fourth-order valence-corrected chi connectivity index (χ4v) is 2.39. The summed E-state index contributed by atoms with van der Waals surface area (Å²) >= 11 is 0. The molecule has 1 aromatic heterocycles. The van der Waals surface area contributed by atoms with Crippen LogP contribution in [0.5, 0.6) is 0 Å². The Hall–Kier alpha value is -1.60. The monoisotopic (exact) mass is 323 g/mol. The molecule has 0 saturated carbocycles. The number of aromatic nitrogens is 1. The summed E-state index contributed by atoms with van der Waals surface area (Å²) < 4.78 is 5.09. The predicted octanol–water partition coefficient (Wildman–Crippen LogP) is 1.15. The van der Waals surface area contributed by atoms with Gasteiger partial charge >= 0.3 is 6.03 Å². The van der Waals surface area contributed by atoms with Crippen LogP contribution in [0.2, 0.25) is 0 Å². The lowest BCUT2D eigenvalue weighted by Crippen LogP contribution is -2.55. The van der Waals surface area contributed by atoms with Gasteiger partial charge in [0.1, 0.15) is 5.76 Å². The number of likely N-dealkylation sites (N-methyl/N-ethyl adjacent to an activating group) is 1. The normalized spacial score (nSPS) is 16.9. The second-order valence-corrected chi connectivity index (χ2v) is 7.06. The van der Waals surface area contributed by atoms with E-state index in [9.17, 15) is 4.79 Å². The first-order valence-electron chi connectivity index (χ1n) is 8.13. The van der Waals surface area contributed by atoms with Gasteiger partial charge < -0.3 is 19.6 Å². The lowest BCUT2D eigenvalue weighted by molar-refractivity contribution is 0.127. The minimum Gasteiger partial charge on any atom is -0.361 e. The molecule has 130 valence electrons. The smallest absolute Gasteiger partial charge is 0.317 e. The summed E-state index contributed by atoms with van der Waals surface area (Å²) in [6.07, 6.45) is 0. The molecule has 0 radical (unpaired) electrons. The van der Waals surface area contributed by atoms with Crippen molar-refractivity contribution in [1.82, 2.24) is 25.2 Å². The Bertz CT molecular complexity index is 518. The number of piperazine rings is 1. The number of carbonyl (C=O) groups excluding carboxylic acids is 1. The largest absolute Gasteiger partial charge is 0.361 e. The maximum Gasteiger partial charge on any atom is 0.317 e. The predicted molar refractivity (Wildman–Crippen MR) is 89.3 cm³/mol. The number of rotatable bonds is 5. The summed E-state index contributed by atoms with van der Waals surface area (Å²) in [5.74, 6) is 0.835. The molecule has 1 aromatic rings. The quantitative estimate of drug-likeness (QED) is 0.881. The molecule has 0 bridgehead atoms. The SMILES string of the molecule is Cc1cc(CN2CCN(C(=O)NCC(C)(C)N(C)C)CC2)no1. The third-order valence-electron chi connectivity index (χ3n) is 4.60. The molecule has 0 aliphatic carbocycles. The van der Waals surface area contributed by atoms with Crippen LogP contribution in [0.3, 0.4) is 0 Å². The minimum atomic E-state index is -0.0533. The van der Waals surface area contributed by atoms with Crippen molar-refractivity contribution >= 4 is 6.03 Å². The lowest BCUT2D eigenvalue weighted by atomic mass is 10.0. The standard InChI is InChI=1S/C16H29N5O2/c1-13-10-14(18-23-13)11-20-6-8-21(9-7-20)15(22)17-12-16(2,3)19(4)5/h10H,6-9,11-12H2,1-5H3,(H,17,22). The summed E-state index contributed by atoms with van der Waals surface area (Å²) in [6, 6.07) is 1.99. The van der Waals surface area contributed by atoms with Crippen molar-refractivity contribution in [1.29, 1.82) is 0 Å². The molecular formula is C16H29N5O2. The highest BCUT2D eigenvalue weighted by molar-refractivity contribution is 5.74. The minimum absolute atomic E-state index is 0.0249. The van der Waals surface area contributed by atoms with Crippen LogP contribution >= 0.6 is 0 Å². The van der Waals surface area contributed by atoms with E-state index in [0.717, 1.165) is 44.2 Å². The van der Waals surface area contributed by atoms with Crippen molar-refractivity contribution in [3.63, 3.8) is 0 Å². The third kappa shape index (κ3) is 4.94. The van der Waals surface area contributed by atoms with Gasteiger partial charge in [-0.3, -0.25) is 4.90 Å². The molecule has 1 aliphatic heterocycles. The van der Waals surface area contributed by atoms with Crippen molar-refractivity contribution in [3.05, 3.63) is 17.5 Å². The highest BCUT2D eigenvalue weighted by Gasteiger charge is 2.25. The number of urea groups is 1. The molecule has 0 spiro atoms. The summed E-state index contributed by atoms with van der Waals surface area (Å²) in [6.45, 7) is 10.7. The van der Waals surface area contributed by atoms with Crippen LogP contribution in [-0.2, 0) is 6.54 Å². The fourth-order valence-electron chi connectivity index (χ4n) is 2.39. The second-order valence-electron chi connectivity index (χ2n) is 7.06. The molecule has 1 aliphatic rings. The zero-order valence-electron chi connectivity index (χ0n) is 14.9. The number of nitrogens with zero attached hydrogens (tertiary/aromatic N) is 4. The number of amides is 2. The zero-order chi connectivity index (χ0) is 17.0. The fraction of sp³-hybridized carbons (Fsp3) is 0.750. The highest BCUT2D eigenvalue weighted by atomic mass is 16.5. The number of hydrogen-bond donors (Lipinski definition) is 1. The van der Waals surface area contributed by atoms with Gasteiger partial charge in [0.05, 0.1) is 5.69 Å². The third-order valence-corrected chi connectivity index (χ3v) is 4.60. The van der Waals surface area contributed by atoms with Crippen LogP contribution < -0.4 is 5.32 Å². The summed E-state index contributed by atoms with van der Waals surface area (Å²) in [5.41, 5.74) is 0.899. The number of carbonyl (C=O) groups is 1. The average molecular weight is 323 g/mol. The summed E-state index contributed by atoms with van der Waals surface area (Å²) in [7, 11) is 4.05. The Kier molecular flexibility index (Phi) is 5.64. The van der Waals surface area contributed by atoms with Crippen LogP contribution in [-0.4, -0.2) is 78.2 Å². The highest BCUT2D eigenvalue weighted by Crippen LogP contribution is 2.10. The van der Waals surface area contributed by atoms with Crippen LogP contribution in [0.25, 0.3) is 0 Å². The van der Waals surface area contributed by atoms with Gasteiger partial charge in [-0.1, -0.05) is 5.16 Å². The Morgan fingerprint density at radius 2 is 2.00 bits per heavy atom. The number of hydrogen-bond acceptors (Lipinski definition) is 5. The van der Waals surface area contributed by atoms with E-state index in [2.05, 4.69) is 34.1 Å². The molecule has 1 saturated heterocycles. The van der Waals surface area contributed by atoms with Gasteiger partial charge in [0.15, 0.2) is 0 Å². The van der Waals surface area contributed by atoms with Gasteiger partial charge in [-0.25, -0.2) is 4.79 Å². The number of aryl methyl sites for hydroxylation is 1. The molecule has 0 atom stereocenters. The van der Waals surface area contributed by atoms with E-state index in [-0.39, 0.29) is 11.6 Å². The molecule has 23 heavy (non-hydrogen) atoms. The first kappa shape index (κ1) is 17.7. The van der Waals surface area contributed by atoms with Gasteiger partial charge in [0.25, 0.3) is 0 Å². The average Bonchev–Trinajstić information content (AvgIpc) is 2.90. The van der Waals surface area contributed by atoms with E-state index in [1.165, 1.54) is 0 Å². The van der Waals surface area contributed by atoms with Crippen LogP contribution in [0.1, 0.15) is 25.3 Å². The Balaban J connectivity index is 1.74. The molecule has 7 nitrogen and oxygen atoms in total. The van der Waals surface area contributed by atoms with Gasteiger partial charge in [0, 0.05) is 50.9 Å².